The minimum absolute atomic E-state index is 0.345. The van der Waals surface area contributed by atoms with Gasteiger partial charge >= 0.3 is 21.1 Å². The maximum atomic E-state index is 9.66. The van der Waals surface area contributed by atoms with Crippen LogP contribution >= 0.6 is 0 Å². The number of hydrogen-bond acceptors (Lipinski definition) is 4. The highest BCUT2D eigenvalue weighted by molar-refractivity contribution is 4.64. The third-order valence-corrected chi connectivity index (χ3v) is 1.73. The van der Waals surface area contributed by atoms with Crippen molar-refractivity contribution in [3.63, 3.8) is 0 Å². The van der Waals surface area contributed by atoms with Crippen molar-refractivity contribution in [1.82, 2.24) is 9.97 Å². The molecule has 1 heterocycles. The number of hydrogen-bond donors (Lipinski definition) is 1. The Bertz CT molecular complexity index is 141. The first-order chi connectivity index (χ1) is 5.77. The maximum Gasteiger partial charge on any atom is 0.506 e. The van der Waals surface area contributed by atoms with Gasteiger partial charge in [0.2, 0.25) is 0 Å². The van der Waals surface area contributed by atoms with E-state index < -0.39 is 21.1 Å². The molecule has 1 aromatic rings. The van der Waals surface area contributed by atoms with Crippen molar-refractivity contribution in [1.29, 1.82) is 0 Å². The second-order valence-electron chi connectivity index (χ2n) is 1.76. The lowest BCUT2D eigenvalue weighted by atomic mass is 10.5. The molecule has 0 atom stereocenters. The number of aromatic nitrogens is 2. The topological polar surface area (TPSA) is 84.0 Å². The van der Waals surface area contributed by atoms with Crippen LogP contribution in [-0.4, -0.2) is 16.6 Å². The van der Waals surface area contributed by atoms with Crippen LogP contribution in [0.2, 0.25) is 0 Å². The number of halogens is 1. The molecule has 1 aromatic heterocycles. The average molecular weight is 286 g/mol. The van der Waals surface area contributed by atoms with Crippen molar-refractivity contribution in [3.05, 3.63) is 18.7 Å². The number of imidazole rings is 1. The molecule has 0 fully saturated rings. The van der Waals surface area contributed by atoms with Crippen molar-refractivity contribution in [2.24, 2.45) is 0 Å². The van der Waals surface area contributed by atoms with Crippen LogP contribution in [0.15, 0.2) is 18.7 Å². The molecule has 12 heavy (non-hydrogen) atoms. The molecule has 0 radical (unpaired) electrons. The van der Waals surface area contributed by atoms with Crippen LogP contribution in [0.25, 0.3) is 0 Å². The standard InChI is InChI=1S/C3H7IO3.C3H4N2/c1-2-3-7-4(5)6;1-2-5-3-4-1/h2-3H2,1H3;1-3H,(H,4,5). The smallest absolute Gasteiger partial charge is 0.396 e. The summed E-state index contributed by atoms with van der Waals surface area (Å²) in [6.45, 7) is 2.21. The van der Waals surface area contributed by atoms with E-state index in [-0.39, 0.29) is 0 Å². The lowest BCUT2D eigenvalue weighted by molar-refractivity contribution is -1.63. The zero-order chi connectivity index (χ0) is 9.23. The van der Waals surface area contributed by atoms with Gasteiger partial charge in [-0.2, -0.15) is 0 Å². The van der Waals surface area contributed by atoms with Crippen molar-refractivity contribution in [3.8, 4) is 0 Å². The predicted octanol–water partition coefficient (Wildman–Crippen LogP) is -4.09. The van der Waals surface area contributed by atoms with Gasteiger partial charge in [-0.1, -0.05) is 6.92 Å². The molecular weight excluding hydrogens is 275 g/mol. The fourth-order valence-corrected chi connectivity index (χ4v) is 1.16. The van der Waals surface area contributed by atoms with E-state index in [1.54, 1.807) is 18.7 Å². The van der Waals surface area contributed by atoms with E-state index in [1.165, 1.54) is 0 Å². The summed E-state index contributed by atoms with van der Waals surface area (Å²) in [4.78, 5) is 6.42. The largest absolute Gasteiger partial charge is 0.506 e. The Balaban J connectivity index is 0.000000211. The molecule has 6 heteroatoms. The molecular formula is C6H11IN2O3. The number of H-pyrrole nitrogens is 1. The Morgan fingerprint density at radius 3 is 2.50 bits per heavy atom. The van der Waals surface area contributed by atoms with Crippen LogP contribution in [0.4, 0.5) is 0 Å². The minimum atomic E-state index is -3.33. The molecule has 70 valence electrons. The van der Waals surface area contributed by atoms with Crippen LogP contribution in [0, 0.1) is 0 Å². The fourth-order valence-electron chi connectivity index (χ4n) is 0.355. The maximum absolute atomic E-state index is 9.66. The predicted molar refractivity (Wildman–Crippen MR) is 34.8 cm³/mol. The summed E-state index contributed by atoms with van der Waals surface area (Å²) in [5, 5.41) is 0. The molecule has 0 aliphatic carbocycles. The summed E-state index contributed by atoms with van der Waals surface area (Å²) in [5.41, 5.74) is 0. The monoisotopic (exact) mass is 286 g/mol. The average Bonchev–Trinajstić information content (AvgIpc) is 2.57. The Kier molecular flexibility index (Phi) is 8.78. The van der Waals surface area contributed by atoms with Gasteiger partial charge in [0, 0.05) is 12.4 Å². The molecule has 0 saturated heterocycles. The molecule has 0 spiro atoms. The van der Waals surface area contributed by atoms with Gasteiger partial charge in [0.05, 0.1) is 6.33 Å². The van der Waals surface area contributed by atoms with E-state index in [9.17, 15) is 6.87 Å². The van der Waals surface area contributed by atoms with E-state index in [1.807, 2.05) is 6.92 Å². The van der Waals surface area contributed by atoms with Crippen molar-refractivity contribution in [2.45, 2.75) is 13.3 Å². The molecule has 0 aliphatic heterocycles. The molecule has 1 N–H and O–H groups in total. The summed E-state index contributed by atoms with van der Waals surface area (Å²) >= 11 is -3.33. The Morgan fingerprint density at radius 2 is 2.33 bits per heavy atom. The normalized spacial score (nSPS) is 9.33. The molecule has 0 unspecified atom stereocenters. The van der Waals surface area contributed by atoms with Gasteiger partial charge in [-0.25, -0.2) is 4.98 Å². The van der Waals surface area contributed by atoms with Gasteiger partial charge in [-0.15, -0.1) is 0 Å². The van der Waals surface area contributed by atoms with E-state index in [0.717, 1.165) is 6.42 Å². The Morgan fingerprint density at radius 1 is 1.58 bits per heavy atom. The summed E-state index contributed by atoms with van der Waals surface area (Å²) in [5.74, 6) is 0. The Labute approximate surface area is 79.8 Å². The molecule has 0 aliphatic rings. The highest BCUT2D eigenvalue weighted by Gasteiger charge is 2.07. The number of nitrogens with one attached hydrogen (secondary N) is 1. The highest BCUT2D eigenvalue weighted by Crippen LogP contribution is 1.66. The van der Waals surface area contributed by atoms with Crippen molar-refractivity contribution >= 4 is 0 Å². The fraction of sp³-hybridized carbons (Fsp3) is 0.500. The van der Waals surface area contributed by atoms with E-state index in [2.05, 4.69) is 13.0 Å². The first kappa shape index (κ1) is 11.8. The first-order valence-corrected chi connectivity index (χ1v) is 6.03. The molecule has 0 bridgehead atoms. The lowest BCUT2D eigenvalue weighted by Crippen LogP contribution is -3.99. The highest BCUT2D eigenvalue weighted by atomic mass is 127. The van der Waals surface area contributed by atoms with Gasteiger partial charge in [0.25, 0.3) is 0 Å². The van der Waals surface area contributed by atoms with Gasteiger partial charge in [-0.05, 0) is 9.49 Å². The van der Waals surface area contributed by atoms with Crippen LogP contribution < -0.4 is 27.9 Å². The zero-order valence-electron chi connectivity index (χ0n) is 6.70. The van der Waals surface area contributed by atoms with E-state index in [0.29, 0.717) is 6.61 Å². The van der Waals surface area contributed by atoms with Crippen molar-refractivity contribution < 1.29 is 31.0 Å². The van der Waals surface area contributed by atoms with Crippen LogP contribution in [-0.2, 0) is 3.07 Å². The van der Waals surface area contributed by atoms with Gasteiger partial charge in [0.1, 0.15) is 6.61 Å². The SMILES string of the molecule is CCCO[I+2]([O-])[O-].c1c[nH]cn1. The molecule has 0 aromatic carbocycles. The first-order valence-electron chi connectivity index (χ1n) is 3.39. The summed E-state index contributed by atoms with van der Waals surface area (Å²) in [6, 6.07) is 0. The second kappa shape index (κ2) is 8.91. The molecule has 0 amide bonds. The number of aromatic amines is 1. The van der Waals surface area contributed by atoms with Crippen LogP contribution in [0.3, 0.4) is 0 Å². The van der Waals surface area contributed by atoms with Crippen molar-refractivity contribution in [2.75, 3.05) is 6.61 Å². The quantitative estimate of drug-likeness (QED) is 0.573. The van der Waals surface area contributed by atoms with E-state index >= 15 is 0 Å². The van der Waals surface area contributed by atoms with Crippen LogP contribution in [0.1, 0.15) is 13.3 Å². The molecule has 5 nitrogen and oxygen atoms in total. The third-order valence-electron chi connectivity index (χ3n) is 0.776. The van der Waals surface area contributed by atoms with E-state index in [4.69, 9.17) is 0 Å². The van der Waals surface area contributed by atoms with Gasteiger partial charge < -0.3 is 11.9 Å². The second-order valence-corrected chi connectivity index (χ2v) is 3.46. The summed E-state index contributed by atoms with van der Waals surface area (Å²) in [6.07, 6.45) is 5.85. The third kappa shape index (κ3) is 9.82. The number of nitrogens with zero attached hydrogens (tertiary/aromatic N) is 1. The van der Waals surface area contributed by atoms with Gasteiger partial charge in [0.15, 0.2) is 0 Å². The lowest BCUT2D eigenvalue weighted by Gasteiger charge is -1.86. The Hall–Kier alpha value is -0.180. The van der Waals surface area contributed by atoms with Gasteiger partial charge in [-0.3, -0.25) is 0 Å². The van der Waals surface area contributed by atoms with Crippen LogP contribution in [0.5, 0.6) is 0 Å². The summed E-state index contributed by atoms with van der Waals surface area (Å²) < 4.78 is 23.6. The number of rotatable bonds is 3. The molecule has 1 rings (SSSR count). The molecule has 0 saturated carbocycles. The summed E-state index contributed by atoms with van der Waals surface area (Å²) in [7, 11) is 0. The minimum Gasteiger partial charge on any atom is -0.396 e. The zero-order valence-corrected chi connectivity index (χ0v) is 8.85.